The average Bonchev–Trinajstić information content (AvgIpc) is 3.40. The zero-order valence-electron chi connectivity index (χ0n) is 16.3. The molecule has 2 fully saturated rings. The van der Waals surface area contributed by atoms with E-state index in [0.717, 1.165) is 17.7 Å². The third-order valence-corrected chi connectivity index (χ3v) is 5.97. The summed E-state index contributed by atoms with van der Waals surface area (Å²) in [4.78, 5) is 27.4. The Hall–Kier alpha value is -2.63. The molecule has 1 N–H and O–H groups in total. The Morgan fingerprint density at radius 3 is 2.57 bits per heavy atom. The highest BCUT2D eigenvalue weighted by Gasteiger charge is 2.46. The highest BCUT2D eigenvalue weighted by Crippen LogP contribution is 2.46. The molecule has 0 spiro atoms. The van der Waals surface area contributed by atoms with E-state index in [9.17, 15) is 9.59 Å². The van der Waals surface area contributed by atoms with E-state index in [1.807, 2.05) is 42.2 Å². The molecule has 28 heavy (non-hydrogen) atoms. The van der Waals surface area contributed by atoms with Crippen LogP contribution in [0.4, 0.5) is 0 Å². The predicted molar refractivity (Wildman–Crippen MR) is 106 cm³/mol. The van der Waals surface area contributed by atoms with Gasteiger partial charge in [-0.15, -0.1) is 0 Å². The lowest BCUT2D eigenvalue weighted by atomic mass is 9.74. The second-order valence-corrected chi connectivity index (χ2v) is 7.97. The van der Waals surface area contributed by atoms with E-state index in [1.165, 1.54) is 12.8 Å². The topological polar surface area (TPSA) is 75.3 Å². The molecule has 0 bridgehead atoms. The summed E-state index contributed by atoms with van der Waals surface area (Å²) < 4.78 is 5.39. The van der Waals surface area contributed by atoms with Gasteiger partial charge in [0.25, 0.3) is 5.91 Å². The van der Waals surface area contributed by atoms with Crippen molar-refractivity contribution in [3.63, 3.8) is 0 Å². The van der Waals surface area contributed by atoms with Gasteiger partial charge in [-0.25, -0.2) is 0 Å². The molecule has 6 nitrogen and oxygen atoms in total. The molecule has 1 saturated heterocycles. The van der Waals surface area contributed by atoms with Crippen molar-refractivity contribution < 1.29 is 14.3 Å². The van der Waals surface area contributed by atoms with Crippen molar-refractivity contribution >= 4 is 11.9 Å². The number of nitrogens with one attached hydrogen (secondary N) is 1. The Balaban J connectivity index is 1.43. The molecule has 1 aromatic heterocycles. The van der Waals surface area contributed by atoms with Gasteiger partial charge >= 0.3 is 5.97 Å². The summed E-state index contributed by atoms with van der Waals surface area (Å²) in [6, 6.07) is 11.6. The smallest absolute Gasteiger partial charge is 0.312 e. The fraction of sp³-hybridized carbons (Fsp3) is 0.500. The van der Waals surface area contributed by atoms with Gasteiger partial charge in [0.05, 0.1) is 17.7 Å². The standard InChI is InChI=1S/C22H27N3O3/c1-2-28-21(27)22(15-16-8-9-16)10-12-25(13-11-22)20(26)19-14-18(23-24-19)17-6-4-3-5-7-17/h3-7,14,16H,2,8-13,15H2,1H3,(H,23,24). The number of piperidine rings is 1. The molecule has 4 rings (SSSR count). The number of aromatic amines is 1. The van der Waals surface area contributed by atoms with Crippen LogP contribution in [0.5, 0.6) is 0 Å². The first-order valence-corrected chi connectivity index (χ1v) is 10.2. The van der Waals surface area contributed by atoms with Crippen molar-refractivity contribution in [2.45, 2.75) is 39.0 Å². The Labute approximate surface area is 165 Å². The molecule has 6 heteroatoms. The predicted octanol–water partition coefficient (Wildman–Crippen LogP) is 3.66. The highest BCUT2D eigenvalue weighted by molar-refractivity contribution is 5.93. The number of ether oxygens (including phenoxy) is 1. The molecule has 148 valence electrons. The number of carbonyl (C=O) groups is 2. The zero-order chi connectivity index (χ0) is 19.6. The third kappa shape index (κ3) is 3.81. The van der Waals surface area contributed by atoms with Crippen LogP contribution in [0.2, 0.25) is 0 Å². The summed E-state index contributed by atoms with van der Waals surface area (Å²) in [5.74, 6) is 0.508. The molecule has 0 unspecified atom stereocenters. The van der Waals surface area contributed by atoms with Crippen LogP contribution in [0, 0.1) is 11.3 Å². The first kappa shape index (κ1) is 18.7. The lowest BCUT2D eigenvalue weighted by molar-refractivity contribution is -0.159. The Morgan fingerprint density at radius 1 is 1.21 bits per heavy atom. The zero-order valence-corrected chi connectivity index (χ0v) is 16.3. The number of aromatic nitrogens is 2. The first-order valence-electron chi connectivity index (χ1n) is 10.2. The van der Waals surface area contributed by atoms with Crippen LogP contribution in [-0.4, -0.2) is 46.7 Å². The molecule has 1 aliphatic carbocycles. The van der Waals surface area contributed by atoms with Gasteiger partial charge in [0, 0.05) is 18.7 Å². The van der Waals surface area contributed by atoms with Crippen molar-refractivity contribution in [1.29, 1.82) is 0 Å². The molecule has 1 aromatic carbocycles. The number of likely N-dealkylation sites (tertiary alicyclic amines) is 1. The lowest BCUT2D eigenvalue weighted by Gasteiger charge is -2.40. The summed E-state index contributed by atoms with van der Waals surface area (Å²) in [6.45, 7) is 3.41. The largest absolute Gasteiger partial charge is 0.466 e. The van der Waals surface area contributed by atoms with Gasteiger partial charge in [-0.3, -0.25) is 14.7 Å². The maximum Gasteiger partial charge on any atom is 0.312 e. The fourth-order valence-corrected chi connectivity index (χ4v) is 4.15. The van der Waals surface area contributed by atoms with Gasteiger partial charge in [0.1, 0.15) is 5.69 Å². The number of H-pyrrole nitrogens is 1. The maximum atomic E-state index is 12.9. The van der Waals surface area contributed by atoms with Crippen LogP contribution in [0.3, 0.4) is 0 Å². The monoisotopic (exact) mass is 381 g/mol. The second kappa shape index (κ2) is 7.78. The molecule has 0 atom stereocenters. The van der Waals surface area contributed by atoms with Crippen molar-refractivity contribution in [1.82, 2.24) is 15.1 Å². The number of hydrogen-bond acceptors (Lipinski definition) is 4. The van der Waals surface area contributed by atoms with Crippen LogP contribution in [0.25, 0.3) is 11.3 Å². The lowest BCUT2D eigenvalue weighted by Crippen LogP contribution is -2.47. The van der Waals surface area contributed by atoms with E-state index in [4.69, 9.17) is 4.74 Å². The van der Waals surface area contributed by atoms with Crippen LogP contribution in [0.15, 0.2) is 36.4 Å². The van der Waals surface area contributed by atoms with E-state index >= 15 is 0 Å². The number of carbonyl (C=O) groups excluding carboxylic acids is 2. The molecule has 0 radical (unpaired) electrons. The number of rotatable bonds is 6. The van der Waals surface area contributed by atoms with E-state index in [2.05, 4.69) is 10.2 Å². The normalized spacial score (nSPS) is 18.7. The SMILES string of the molecule is CCOC(=O)C1(CC2CC2)CCN(C(=O)c2cc(-c3ccccc3)n[nH]2)CC1. The van der Waals surface area contributed by atoms with Gasteiger partial charge in [-0.2, -0.15) is 5.10 Å². The average molecular weight is 381 g/mol. The van der Waals surface area contributed by atoms with Gasteiger partial charge in [-0.05, 0) is 38.2 Å². The van der Waals surface area contributed by atoms with Crippen molar-refractivity contribution in [2.24, 2.45) is 11.3 Å². The molecule has 1 aliphatic heterocycles. The molecular weight excluding hydrogens is 354 g/mol. The molecule has 1 amide bonds. The second-order valence-electron chi connectivity index (χ2n) is 7.97. The quantitative estimate of drug-likeness (QED) is 0.775. The molecular formula is C22H27N3O3. The number of esters is 1. The maximum absolute atomic E-state index is 12.9. The van der Waals surface area contributed by atoms with Gasteiger partial charge < -0.3 is 9.64 Å². The number of benzene rings is 1. The van der Waals surface area contributed by atoms with Crippen LogP contribution < -0.4 is 0 Å². The molecule has 2 aromatic rings. The highest BCUT2D eigenvalue weighted by atomic mass is 16.5. The Kier molecular flexibility index (Phi) is 5.20. The minimum absolute atomic E-state index is 0.0569. The summed E-state index contributed by atoms with van der Waals surface area (Å²) in [7, 11) is 0. The molecule has 2 heterocycles. The minimum atomic E-state index is -0.420. The summed E-state index contributed by atoms with van der Waals surface area (Å²) in [5, 5.41) is 7.16. The number of hydrogen-bond donors (Lipinski definition) is 1. The van der Waals surface area contributed by atoms with E-state index in [-0.39, 0.29) is 11.9 Å². The fourth-order valence-electron chi connectivity index (χ4n) is 4.15. The third-order valence-electron chi connectivity index (χ3n) is 5.97. The van der Waals surface area contributed by atoms with Crippen LogP contribution in [-0.2, 0) is 9.53 Å². The first-order chi connectivity index (χ1) is 13.6. The van der Waals surface area contributed by atoms with Gasteiger partial charge in [0.2, 0.25) is 0 Å². The van der Waals surface area contributed by atoms with Gasteiger partial charge in [-0.1, -0.05) is 43.2 Å². The van der Waals surface area contributed by atoms with Crippen molar-refractivity contribution in [3.8, 4) is 11.3 Å². The van der Waals surface area contributed by atoms with E-state index < -0.39 is 5.41 Å². The summed E-state index contributed by atoms with van der Waals surface area (Å²) in [5.41, 5.74) is 1.80. The van der Waals surface area contributed by atoms with Crippen molar-refractivity contribution in [3.05, 3.63) is 42.1 Å². The summed E-state index contributed by atoms with van der Waals surface area (Å²) >= 11 is 0. The summed E-state index contributed by atoms with van der Waals surface area (Å²) in [6.07, 6.45) is 4.66. The van der Waals surface area contributed by atoms with E-state index in [1.54, 1.807) is 6.07 Å². The Bertz CT molecular complexity index is 834. The van der Waals surface area contributed by atoms with E-state index in [0.29, 0.717) is 44.1 Å². The number of amides is 1. The Morgan fingerprint density at radius 2 is 1.93 bits per heavy atom. The van der Waals surface area contributed by atoms with Crippen molar-refractivity contribution in [2.75, 3.05) is 19.7 Å². The van der Waals surface area contributed by atoms with Crippen LogP contribution in [0.1, 0.15) is 49.5 Å². The van der Waals surface area contributed by atoms with Crippen LogP contribution >= 0.6 is 0 Å². The minimum Gasteiger partial charge on any atom is -0.466 e. The molecule has 2 aliphatic rings. The van der Waals surface area contributed by atoms with Gasteiger partial charge in [0.15, 0.2) is 0 Å². The molecule has 1 saturated carbocycles. The number of nitrogens with zero attached hydrogens (tertiary/aromatic N) is 2.